The van der Waals surface area contributed by atoms with Crippen LogP contribution in [0, 0.1) is 0 Å². The molecule has 71 heavy (non-hydrogen) atoms. The minimum Gasteiger partial charge on any atom is -0.287 e. The monoisotopic (exact) mass is 1070 g/mol. The van der Waals surface area contributed by atoms with E-state index in [1.807, 2.05) is 52.0 Å². The second-order valence-electron chi connectivity index (χ2n) is 15.2. The van der Waals surface area contributed by atoms with Crippen molar-refractivity contribution in [3.63, 3.8) is 0 Å². The summed E-state index contributed by atoms with van der Waals surface area (Å²) >= 11 is 1.59. The molecule has 0 atom stereocenters. The van der Waals surface area contributed by atoms with Crippen LogP contribution in [0.25, 0.3) is 0 Å². The Morgan fingerprint density at radius 2 is 0.620 bits per heavy atom. The summed E-state index contributed by atoms with van der Waals surface area (Å²) in [5.74, 6) is 0.147. The van der Waals surface area contributed by atoms with Gasteiger partial charge in [-0.15, -0.1) is 0 Å². The van der Waals surface area contributed by atoms with Crippen molar-refractivity contribution >= 4 is 45.1 Å². The fraction of sp³-hybridized carbons (Fsp3) is 0.209. The number of thiazole rings is 1. The molecule has 0 amide bonds. The SMILES string of the molecule is FC(F)(F)c1cc([B-](c2cc(C(F)(F)F)cc(C(F)(F)F)c2)(c2cc(C(F)(F)F)cc(C(F)(F)F)c2)c2cc(C(F)(F)F)cc(C(F)(F)F)c2)cc(C(F)(F)F)c1.O=C(C[n+]1ccsc1)c1ccccc1. The molecule has 0 aliphatic rings. The summed E-state index contributed by atoms with van der Waals surface area (Å²) in [6.07, 6.45) is -52.9. The number of benzene rings is 5. The van der Waals surface area contributed by atoms with Crippen molar-refractivity contribution in [3.05, 3.63) is 170 Å². The first-order chi connectivity index (χ1) is 32.1. The quantitative estimate of drug-likeness (QED) is 0.0675. The van der Waals surface area contributed by atoms with Crippen LogP contribution in [-0.2, 0) is 56.0 Å². The summed E-state index contributed by atoms with van der Waals surface area (Å²) in [6, 6.07) is 0.547. The maximum absolute atomic E-state index is 14.2. The van der Waals surface area contributed by atoms with Gasteiger partial charge in [0.05, 0.1) is 49.9 Å². The zero-order valence-corrected chi connectivity index (χ0v) is 35.0. The lowest BCUT2D eigenvalue weighted by Gasteiger charge is -2.46. The second kappa shape index (κ2) is 19.1. The zero-order valence-electron chi connectivity index (χ0n) is 34.2. The van der Waals surface area contributed by atoms with E-state index in [0.717, 1.165) is 5.56 Å². The Morgan fingerprint density at radius 1 is 0.380 bits per heavy atom. The average molecular weight is 1070 g/mol. The topological polar surface area (TPSA) is 20.9 Å². The number of aromatic nitrogens is 1. The van der Waals surface area contributed by atoms with Crippen LogP contribution >= 0.6 is 11.3 Å². The highest BCUT2D eigenvalue weighted by atomic mass is 32.1. The molecule has 2 nitrogen and oxygen atoms in total. The lowest BCUT2D eigenvalue weighted by molar-refractivity contribution is -0.678. The molecular weight excluding hydrogens is 1050 g/mol. The number of ketones is 1. The molecule has 5 aromatic carbocycles. The predicted molar refractivity (Wildman–Crippen MR) is 205 cm³/mol. The van der Waals surface area contributed by atoms with E-state index >= 15 is 0 Å². The summed E-state index contributed by atoms with van der Waals surface area (Å²) < 4.78 is 343. The van der Waals surface area contributed by atoms with E-state index in [1.54, 1.807) is 11.3 Å². The summed E-state index contributed by atoms with van der Waals surface area (Å²) in [6.45, 7) is 0.424. The Kier molecular flexibility index (Phi) is 15.0. The number of carbonyl (C=O) groups excluding carboxylic acids is 1. The zero-order chi connectivity index (χ0) is 53.7. The number of carbonyl (C=O) groups is 1. The normalized spacial score (nSPS) is 13.5. The van der Waals surface area contributed by atoms with Gasteiger partial charge in [-0.05, 0) is 24.3 Å². The number of rotatable bonds is 7. The highest BCUT2D eigenvalue weighted by Crippen LogP contribution is 2.41. The molecule has 0 N–H and O–H groups in total. The lowest BCUT2D eigenvalue weighted by atomic mass is 9.12. The van der Waals surface area contributed by atoms with Crippen LogP contribution in [0.1, 0.15) is 54.9 Å². The first kappa shape index (κ1) is 55.7. The molecule has 0 aliphatic carbocycles. The molecule has 1 heterocycles. The Balaban J connectivity index is 0.000000569. The molecule has 0 radical (unpaired) electrons. The van der Waals surface area contributed by atoms with Crippen molar-refractivity contribution < 1.29 is 115 Å². The standard InChI is InChI=1S/C32H12BF24.C11H10NOS/c34-25(35,36)13-1-14(26(37,38)39)6-21(5-13)33(22-7-15(27(40,41)42)2-16(8-22)28(43,44)45,23-9-17(29(46,47)48)3-18(10-23)30(49,50)51)24-11-19(31(52,53)54)4-20(12-24)32(55,56)57;13-11(8-12-6-7-14-9-12)10-4-2-1-3-5-10/h1-12H;1-7,9H,8H2/q-1;+1. The van der Waals surface area contributed by atoms with Crippen LogP contribution in [0.2, 0.25) is 0 Å². The Labute approximate surface area is 385 Å². The van der Waals surface area contributed by atoms with Gasteiger partial charge >= 0.3 is 49.4 Å². The van der Waals surface area contributed by atoms with E-state index in [-0.39, 0.29) is 5.78 Å². The minimum absolute atomic E-state index is 0.147. The lowest BCUT2D eigenvalue weighted by Crippen LogP contribution is -2.75. The van der Waals surface area contributed by atoms with Gasteiger partial charge in [-0.3, -0.25) is 4.79 Å². The Bertz CT molecular complexity index is 2410. The van der Waals surface area contributed by atoms with Gasteiger partial charge < -0.3 is 0 Å². The molecule has 28 heteroatoms. The van der Waals surface area contributed by atoms with Gasteiger partial charge in [0, 0.05) is 5.56 Å². The van der Waals surface area contributed by atoms with Gasteiger partial charge in [-0.25, -0.2) is 0 Å². The van der Waals surface area contributed by atoms with Gasteiger partial charge in [0.25, 0.3) is 0 Å². The van der Waals surface area contributed by atoms with E-state index in [4.69, 9.17) is 0 Å². The van der Waals surface area contributed by atoms with Gasteiger partial charge in [0.15, 0.2) is 6.20 Å². The molecule has 0 saturated carbocycles. The molecule has 0 fully saturated rings. The smallest absolute Gasteiger partial charge is 0.287 e. The third-order valence-electron chi connectivity index (χ3n) is 10.4. The summed E-state index contributed by atoms with van der Waals surface area (Å²) in [5, 5.41) is 1.96. The van der Waals surface area contributed by atoms with E-state index in [1.165, 1.54) is 0 Å². The maximum Gasteiger partial charge on any atom is 0.416 e. The number of halogens is 24. The number of hydrogen-bond donors (Lipinski definition) is 0. The number of nitrogens with zero attached hydrogens (tertiary/aromatic N) is 1. The molecule has 0 unspecified atom stereocenters. The molecule has 0 aliphatic heterocycles. The first-order valence-corrected chi connectivity index (χ1v) is 19.9. The summed E-state index contributed by atoms with van der Waals surface area (Å²) in [4.78, 5) is 11.7. The Morgan fingerprint density at radius 3 is 0.817 bits per heavy atom. The van der Waals surface area contributed by atoms with Crippen LogP contribution < -0.4 is 26.4 Å². The van der Waals surface area contributed by atoms with Crippen LogP contribution in [0.4, 0.5) is 105 Å². The highest BCUT2D eigenvalue weighted by Gasteiger charge is 2.47. The predicted octanol–water partition coefficient (Wildman–Crippen LogP) is 13.1. The number of hydrogen-bond acceptors (Lipinski definition) is 2. The van der Waals surface area contributed by atoms with Crippen molar-refractivity contribution in [1.29, 1.82) is 0 Å². The van der Waals surface area contributed by atoms with Gasteiger partial charge in [-0.1, -0.05) is 90.2 Å². The van der Waals surface area contributed by atoms with Crippen LogP contribution in [-0.4, -0.2) is 11.9 Å². The van der Waals surface area contributed by atoms with Crippen molar-refractivity contribution in [3.8, 4) is 0 Å². The molecule has 6 aromatic rings. The molecule has 382 valence electrons. The molecule has 6 rings (SSSR count). The largest absolute Gasteiger partial charge is 0.416 e. The van der Waals surface area contributed by atoms with Gasteiger partial charge in [-0.2, -0.15) is 132 Å². The van der Waals surface area contributed by atoms with Crippen molar-refractivity contribution in [2.24, 2.45) is 0 Å². The highest BCUT2D eigenvalue weighted by molar-refractivity contribution is 7.20. The third kappa shape index (κ3) is 13.0. The maximum atomic E-state index is 14.2. The van der Waals surface area contributed by atoms with Crippen molar-refractivity contribution in [1.82, 2.24) is 0 Å². The second-order valence-corrected chi connectivity index (χ2v) is 16.0. The third-order valence-corrected chi connectivity index (χ3v) is 11.1. The van der Waals surface area contributed by atoms with Crippen LogP contribution in [0.3, 0.4) is 0 Å². The van der Waals surface area contributed by atoms with Gasteiger partial charge in [0.1, 0.15) is 6.15 Å². The van der Waals surface area contributed by atoms with Gasteiger partial charge in [0.2, 0.25) is 17.8 Å². The fourth-order valence-electron chi connectivity index (χ4n) is 7.30. The molecule has 1 aromatic heterocycles. The van der Waals surface area contributed by atoms with E-state index in [9.17, 15) is 110 Å². The fourth-order valence-corrected chi connectivity index (χ4v) is 7.90. The summed E-state index contributed by atoms with van der Waals surface area (Å²) in [5.41, 5.74) is -27.5. The first-order valence-electron chi connectivity index (χ1n) is 19.0. The average Bonchev–Trinajstić information content (AvgIpc) is 3.75. The minimum atomic E-state index is -6.13. The Hall–Kier alpha value is -6.22. The van der Waals surface area contributed by atoms with E-state index < -0.39 is 195 Å². The molecule has 0 spiro atoms. The molecular formula is C43H22BF24NOS. The van der Waals surface area contributed by atoms with E-state index in [0.29, 0.717) is 6.54 Å². The van der Waals surface area contributed by atoms with Crippen molar-refractivity contribution in [2.75, 3.05) is 0 Å². The molecule has 0 saturated heterocycles. The molecule has 0 bridgehead atoms. The van der Waals surface area contributed by atoms with Crippen molar-refractivity contribution in [2.45, 2.75) is 56.0 Å². The van der Waals surface area contributed by atoms with Crippen LogP contribution in [0.5, 0.6) is 0 Å². The summed E-state index contributed by atoms with van der Waals surface area (Å²) in [7, 11) is 0. The van der Waals surface area contributed by atoms with E-state index in [2.05, 4.69) is 0 Å². The number of Topliss-reactive ketones (excluding diaryl/α,β-unsaturated/α-hetero) is 1. The number of alkyl halides is 24. The van der Waals surface area contributed by atoms with Crippen LogP contribution in [0.15, 0.2) is 120 Å².